The number of rotatable bonds is 4. The monoisotopic (exact) mass is 228 g/mol. The predicted octanol–water partition coefficient (Wildman–Crippen LogP) is 2.33. The Labute approximate surface area is 98.1 Å². The fourth-order valence-electron chi connectivity index (χ4n) is 2.81. The molecule has 94 valence electrons. The third kappa shape index (κ3) is 3.72. The zero-order chi connectivity index (χ0) is 11.2. The first-order valence-electron chi connectivity index (χ1n) is 6.72. The third-order valence-corrected chi connectivity index (χ3v) is 3.81. The molecule has 1 saturated carbocycles. The Morgan fingerprint density at radius 2 is 1.94 bits per heavy atom. The lowest BCUT2D eigenvalue weighted by Crippen LogP contribution is -2.27. The first-order chi connectivity index (χ1) is 7.88. The van der Waals surface area contributed by atoms with Crippen LogP contribution in [0.5, 0.6) is 0 Å². The minimum Gasteiger partial charge on any atom is -0.396 e. The Morgan fingerprint density at radius 1 is 1.06 bits per heavy atom. The summed E-state index contributed by atoms with van der Waals surface area (Å²) in [7, 11) is 0. The van der Waals surface area contributed by atoms with Crippen molar-refractivity contribution < 1.29 is 14.6 Å². The van der Waals surface area contributed by atoms with E-state index in [2.05, 4.69) is 0 Å². The van der Waals surface area contributed by atoms with Crippen molar-refractivity contribution in [3.8, 4) is 0 Å². The van der Waals surface area contributed by atoms with Gasteiger partial charge in [-0.1, -0.05) is 6.42 Å². The van der Waals surface area contributed by atoms with E-state index in [1.54, 1.807) is 0 Å². The van der Waals surface area contributed by atoms with Crippen LogP contribution in [0.2, 0.25) is 0 Å². The molecule has 3 nitrogen and oxygen atoms in total. The minimum absolute atomic E-state index is 0.0447. The van der Waals surface area contributed by atoms with E-state index < -0.39 is 0 Å². The van der Waals surface area contributed by atoms with Crippen molar-refractivity contribution in [2.75, 3.05) is 19.8 Å². The summed E-state index contributed by atoms with van der Waals surface area (Å²) in [6.07, 6.45) is 8.31. The van der Waals surface area contributed by atoms with Crippen LogP contribution < -0.4 is 0 Å². The maximum atomic E-state index is 9.16. The highest BCUT2D eigenvalue weighted by molar-refractivity contribution is 4.72. The van der Waals surface area contributed by atoms with Crippen LogP contribution in [0, 0.1) is 11.8 Å². The van der Waals surface area contributed by atoms with Crippen LogP contribution in [0.1, 0.15) is 44.9 Å². The van der Waals surface area contributed by atoms with Gasteiger partial charge in [-0.3, -0.25) is 0 Å². The molecule has 1 aliphatic heterocycles. The van der Waals surface area contributed by atoms with Gasteiger partial charge in [0.25, 0.3) is 0 Å². The summed E-state index contributed by atoms with van der Waals surface area (Å²) in [4.78, 5) is 0. The van der Waals surface area contributed by atoms with Crippen molar-refractivity contribution in [3.05, 3.63) is 0 Å². The summed E-state index contributed by atoms with van der Waals surface area (Å²) >= 11 is 0. The van der Waals surface area contributed by atoms with Crippen molar-refractivity contribution in [2.24, 2.45) is 11.8 Å². The van der Waals surface area contributed by atoms with Crippen LogP contribution in [0.25, 0.3) is 0 Å². The van der Waals surface area contributed by atoms with Crippen molar-refractivity contribution in [1.29, 1.82) is 0 Å². The molecule has 0 aromatic rings. The van der Waals surface area contributed by atoms with Crippen molar-refractivity contribution >= 4 is 0 Å². The first-order valence-corrected chi connectivity index (χ1v) is 6.72. The quantitative estimate of drug-likeness (QED) is 0.802. The number of aliphatic hydroxyl groups excluding tert-OH is 1. The van der Waals surface area contributed by atoms with Crippen LogP contribution in [-0.2, 0) is 9.47 Å². The normalized spacial score (nSPS) is 36.2. The van der Waals surface area contributed by atoms with Crippen LogP contribution in [0.3, 0.4) is 0 Å². The largest absolute Gasteiger partial charge is 0.396 e. The highest BCUT2D eigenvalue weighted by atomic mass is 16.7. The molecule has 3 atom stereocenters. The Hall–Kier alpha value is -0.120. The molecule has 0 aromatic carbocycles. The zero-order valence-corrected chi connectivity index (χ0v) is 10.1. The van der Waals surface area contributed by atoms with Crippen LogP contribution >= 0.6 is 0 Å². The molecule has 0 amide bonds. The molecule has 16 heavy (non-hydrogen) atoms. The Kier molecular flexibility index (Phi) is 5.07. The molecule has 3 unspecified atom stereocenters. The molecule has 1 saturated heterocycles. The molecule has 2 aliphatic rings. The van der Waals surface area contributed by atoms with E-state index in [-0.39, 0.29) is 6.29 Å². The summed E-state index contributed by atoms with van der Waals surface area (Å²) in [6.45, 7) is 2.02. The van der Waals surface area contributed by atoms with Gasteiger partial charge in [0.2, 0.25) is 0 Å². The molecule has 2 rings (SSSR count). The molecule has 1 aliphatic carbocycles. The molecule has 0 aromatic heterocycles. The molecule has 0 bridgehead atoms. The van der Waals surface area contributed by atoms with Gasteiger partial charge in [-0.05, 0) is 50.4 Å². The summed E-state index contributed by atoms with van der Waals surface area (Å²) in [5.74, 6) is 1.14. The zero-order valence-electron chi connectivity index (χ0n) is 10.1. The van der Waals surface area contributed by atoms with E-state index in [1.165, 1.54) is 32.1 Å². The van der Waals surface area contributed by atoms with E-state index in [9.17, 15) is 0 Å². The van der Waals surface area contributed by atoms with Crippen molar-refractivity contribution in [3.63, 3.8) is 0 Å². The Balaban J connectivity index is 1.64. The highest BCUT2D eigenvalue weighted by Gasteiger charge is 2.23. The van der Waals surface area contributed by atoms with E-state index >= 15 is 0 Å². The second kappa shape index (κ2) is 6.58. The van der Waals surface area contributed by atoms with Gasteiger partial charge in [0.15, 0.2) is 6.29 Å². The minimum atomic E-state index is 0.0447. The van der Waals surface area contributed by atoms with Gasteiger partial charge >= 0.3 is 0 Å². The number of hydrogen-bond donors (Lipinski definition) is 1. The van der Waals surface area contributed by atoms with Crippen molar-refractivity contribution in [1.82, 2.24) is 0 Å². The summed E-state index contributed by atoms with van der Waals surface area (Å²) < 4.78 is 11.4. The van der Waals surface area contributed by atoms with Crippen molar-refractivity contribution in [2.45, 2.75) is 51.2 Å². The van der Waals surface area contributed by atoms with Crippen LogP contribution in [-0.4, -0.2) is 31.2 Å². The van der Waals surface area contributed by atoms with Gasteiger partial charge in [0, 0.05) is 13.2 Å². The van der Waals surface area contributed by atoms with Gasteiger partial charge < -0.3 is 14.6 Å². The maximum absolute atomic E-state index is 9.16. The first kappa shape index (κ1) is 12.3. The van der Waals surface area contributed by atoms with Gasteiger partial charge in [0.1, 0.15) is 0 Å². The number of hydrogen-bond acceptors (Lipinski definition) is 3. The number of aliphatic hydroxyl groups is 1. The molecule has 2 fully saturated rings. The summed E-state index contributed by atoms with van der Waals surface area (Å²) in [5.41, 5.74) is 0. The van der Waals surface area contributed by atoms with E-state index in [4.69, 9.17) is 14.6 Å². The topological polar surface area (TPSA) is 38.7 Å². The van der Waals surface area contributed by atoms with Gasteiger partial charge in [-0.15, -0.1) is 0 Å². The van der Waals surface area contributed by atoms with Gasteiger partial charge in [-0.2, -0.15) is 0 Å². The maximum Gasteiger partial charge on any atom is 0.157 e. The lowest BCUT2D eigenvalue weighted by Gasteiger charge is -2.30. The molecular weight excluding hydrogens is 204 g/mol. The summed E-state index contributed by atoms with van der Waals surface area (Å²) in [6, 6.07) is 0. The second-order valence-electron chi connectivity index (χ2n) is 5.21. The molecule has 0 spiro atoms. The number of ether oxygens (including phenoxy) is 2. The van der Waals surface area contributed by atoms with Gasteiger partial charge in [-0.25, -0.2) is 0 Å². The molecule has 1 N–H and O–H groups in total. The van der Waals surface area contributed by atoms with E-state index in [0.717, 1.165) is 26.1 Å². The molecule has 3 heteroatoms. The predicted molar refractivity (Wildman–Crippen MR) is 62.1 cm³/mol. The molecule has 0 radical (unpaired) electrons. The van der Waals surface area contributed by atoms with Gasteiger partial charge in [0.05, 0.1) is 6.61 Å². The fourth-order valence-corrected chi connectivity index (χ4v) is 2.81. The van der Waals surface area contributed by atoms with E-state index in [0.29, 0.717) is 18.4 Å². The SMILES string of the molecule is OCC1CCCC(COC2CCCCO2)C1. The second-order valence-corrected chi connectivity index (χ2v) is 5.21. The lowest BCUT2D eigenvalue weighted by molar-refractivity contribution is -0.171. The third-order valence-electron chi connectivity index (χ3n) is 3.81. The fraction of sp³-hybridized carbons (Fsp3) is 1.00. The smallest absolute Gasteiger partial charge is 0.157 e. The van der Waals surface area contributed by atoms with E-state index in [1.807, 2.05) is 0 Å². The average molecular weight is 228 g/mol. The summed E-state index contributed by atoms with van der Waals surface area (Å²) in [5, 5.41) is 9.16. The molecular formula is C13H24O3. The van der Waals surface area contributed by atoms with Crippen LogP contribution in [0.15, 0.2) is 0 Å². The standard InChI is InChI=1S/C13H24O3/c14-9-11-4-3-5-12(8-11)10-16-13-6-1-2-7-15-13/h11-14H,1-10H2. The average Bonchev–Trinajstić information content (AvgIpc) is 2.38. The van der Waals surface area contributed by atoms with Crippen LogP contribution in [0.4, 0.5) is 0 Å². The Morgan fingerprint density at radius 3 is 2.69 bits per heavy atom. The highest BCUT2D eigenvalue weighted by Crippen LogP contribution is 2.29. The molecule has 1 heterocycles. The Bertz CT molecular complexity index is 190. The lowest BCUT2D eigenvalue weighted by atomic mass is 9.82.